The van der Waals surface area contributed by atoms with E-state index >= 15 is 0 Å². The largest absolute Gasteiger partial charge is 0.494 e. The van der Waals surface area contributed by atoms with Crippen LogP contribution < -0.4 is 15.7 Å². The van der Waals surface area contributed by atoms with E-state index in [1.54, 1.807) is 55.5 Å². The number of likely N-dealkylation sites (N-methyl/N-ethyl adjacent to an activating group) is 1. The molecule has 3 aliphatic rings. The Hall–Kier alpha value is -5.33. The van der Waals surface area contributed by atoms with Crippen LogP contribution in [0, 0.1) is 19.8 Å². The van der Waals surface area contributed by atoms with Crippen LogP contribution in [0.2, 0.25) is 0 Å². The summed E-state index contributed by atoms with van der Waals surface area (Å²) in [4.78, 5) is 62.0. The summed E-state index contributed by atoms with van der Waals surface area (Å²) in [7, 11) is 0.925. The number of ether oxygens (including phenoxy) is 1. The van der Waals surface area contributed by atoms with Crippen LogP contribution in [0.3, 0.4) is 0 Å². The standard InChI is InChI=1S/C44H49BN4O7/c1-26-9-11-36(27(2)17-26)42(53)54-35-20-29(21-35)24-47-39(50)33-18-30(19-34(22-33)45-55-43(4,5)44(6,7)56-45)25-49-28(3)40(51)48(8)38-23-32(10-12-37(38)41(49)52)31-13-15-46-16-14-31/h9-19,22-23,28-29,35H,20-21,24-25H2,1-8H3,(H,47,50)/t28-,29?,35?/m1/s1. The molecule has 290 valence electrons. The van der Waals surface area contributed by atoms with Gasteiger partial charge in [-0.25, -0.2) is 4.79 Å². The Morgan fingerprint density at radius 2 is 1.61 bits per heavy atom. The first-order valence-electron chi connectivity index (χ1n) is 19.2. The number of rotatable bonds is 9. The highest BCUT2D eigenvalue weighted by molar-refractivity contribution is 6.62. The van der Waals surface area contributed by atoms with Gasteiger partial charge in [-0.3, -0.25) is 19.4 Å². The van der Waals surface area contributed by atoms with E-state index in [1.165, 1.54) is 4.90 Å². The molecule has 1 saturated heterocycles. The number of pyridine rings is 1. The molecule has 1 aromatic heterocycles. The Labute approximate surface area is 328 Å². The Morgan fingerprint density at radius 1 is 0.911 bits per heavy atom. The van der Waals surface area contributed by atoms with E-state index in [2.05, 4.69) is 10.3 Å². The highest BCUT2D eigenvalue weighted by Gasteiger charge is 2.52. The van der Waals surface area contributed by atoms with Gasteiger partial charge in [0.05, 0.1) is 28.0 Å². The van der Waals surface area contributed by atoms with Gasteiger partial charge in [-0.1, -0.05) is 29.8 Å². The van der Waals surface area contributed by atoms with Crippen molar-refractivity contribution in [3.63, 3.8) is 0 Å². The highest BCUT2D eigenvalue weighted by Crippen LogP contribution is 2.37. The van der Waals surface area contributed by atoms with E-state index in [9.17, 15) is 19.2 Å². The molecule has 0 bridgehead atoms. The summed E-state index contributed by atoms with van der Waals surface area (Å²) in [5, 5.41) is 3.07. The van der Waals surface area contributed by atoms with Gasteiger partial charge in [0.15, 0.2) is 0 Å². The van der Waals surface area contributed by atoms with E-state index in [4.69, 9.17) is 14.0 Å². The van der Waals surface area contributed by atoms with Gasteiger partial charge in [0.2, 0.25) is 5.91 Å². The molecule has 0 radical (unpaired) electrons. The van der Waals surface area contributed by atoms with E-state index in [-0.39, 0.29) is 42.3 Å². The lowest BCUT2D eigenvalue weighted by Gasteiger charge is -2.34. The lowest BCUT2D eigenvalue weighted by atomic mass is 9.77. The second kappa shape index (κ2) is 15.0. The number of fused-ring (bicyclic) bond motifs is 1. The van der Waals surface area contributed by atoms with Crippen molar-refractivity contribution in [3.8, 4) is 11.1 Å². The number of hydrogen-bond acceptors (Lipinski definition) is 8. The fourth-order valence-corrected chi connectivity index (χ4v) is 7.57. The predicted molar refractivity (Wildman–Crippen MR) is 215 cm³/mol. The number of esters is 1. The van der Waals surface area contributed by atoms with Crippen molar-refractivity contribution in [1.82, 2.24) is 15.2 Å². The van der Waals surface area contributed by atoms with Gasteiger partial charge in [-0.15, -0.1) is 0 Å². The summed E-state index contributed by atoms with van der Waals surface area (Å²) in [6, 6.07) is 19.5. The number of carbonyl (C=O) groups is 4. The number of hydrogen-bond donors (Lipinski definition) is 1. The number of amides is 3. The normalized spacial score (nSPS) is 21.3. The monoisotopic (exact) mass is 756 g/mol. The maximum absolute atomic E-state index is 14.3. The number of aryl methyl sites for hydroxylation is 2. The summed E-state index contributed by atoms with van der Waals surface area (Å²) in [5.41, 5.74) is 5.66. The minimum absolute atomic E-state index is 0.0644. The first kappa shape index (κ1) is 38.9. The lowest BCUT2D eigenvalue weighted by Crippen LogP contribution is -2.45. The quantitative estimate of drug-likeness (QED) is 0.162. The van der Waals surface area contributed by atoms with Gasteiger partial charge in [0.25, 0.3) is 11.8 Å². The lowest BCUT2D eigenvalue weighted by molar-refractivity contribution is -0.122. The van der Waals surface area contributed by atoms with Crippen LogP contribution in [0.5, 0.6) is 0 Å². The van der Waals surface area contributed by atoms with Crippen molar-refractivity contribution < 1.29 is 33.2 Å². The molecule has 0 unspecified atom stereocenters. The molecular weight excluding hydrogens is 707 g/mol. The maximum atomic E-state index is 14.3. The van der Waals surface area contributed by atoms with E-state index < -0.39 is 24.4 Å². The molecule has 4 aromatic rings. The summed E-state index contributed by atoms with van der Waals surface area (Å²) in [6.07, 6.45) is 4.50. The third-order valence-electron chi connectivity index (χ3n) is 11.8. The fourth-order valence-electron chi connectivity index (χ4n) is 7.57. The number of benzene rings is 3. The number of anilines is 1. The van der Waals surface area contributed by atoms with Crippen molar-refractivity contribution in [1.29, 1.82) is 0 Å². The first-order chi connectivity index (χ1) is 26.5. The molecule has 11 nitrogen and oxygen atoms in total. The van der Waals surface area contributed by atoms with Gasteiger partial charge in [-0.2, -0.15) is 0 Å². The number of aromatic nitrogens is 1. The Bertz CT molecular complexity index is 2180. The van der Waals surface area contributed by atoms with Gasteiger partial charge < -0.3 is 29.2 Å². The van der Waals surface area contributed by atoms with Gasteiger partial charge in [-0.05, 0) is 137 Å². The van der Waals surface area contributed by atoms with E-state index in [1.807, 2.05) is 84.0 Å². The smallest absolute Gasteiger partial charge is 0.459 e. The second-order valence-corrected chi connectivity index (χ2v) is 16.4. The molecule has 1 saturated carbocycles. The number of nitrogens with zero attached hydrogens (tertiary/aromatic N) is 3. The first-order valence-corrected chi connectivity index (χ1v) is 19.2. The Morgan fingerprint density at radius 3 is 2.29 bits per heavy atom. The molecule has 2 fully saturated rings. The van der Waals surface area contributed by atoms with Gasteiger partial charge in [0.1, 0.15) is 12.1 Å². The number of nitrogens with one attached hydrogen (secondary N) is 1. The summed E-state index contributed by atoms with van der Waals surface area (Å²) < 4.78 is 18.5. The predicted octanol–water partition coefficient (Wildman–Crippen LogP) is 6.04. The molecule has 56 heavy (non-hydrogen) atoms. The van der Waals surface area contributed by atoms with E-state index in [0.29, 0.717) is 52.8 Å². The highest BCUT2D eigenvalue weighted by atomic mass is 16.7. The zero-order chi connectivity index (χ0) is 40.1. The molecule has 3 heterocycles. The molecule has 0 spiro atoms. The Kier molecular flexibility index (Phi) is 10.4. The van der Waals surface area contributed by atoms with Gasteiger partial charge in [0, 0.05) is 38.1 Å². The molecule has 3 amide bonds. The van der Waals surface area contributed by atoms with Crippen molar-refractivity contribution >= 4 is 42.0 Å². The third-order valence-corrected chi connectivity index (χ3v) is 11.8. The average Bonchev–Trinajstić information content (AvgIpc) is 3.35. The van der Waals surface area contributed by atoms with Gasteiger partial charge >= 0.3 is 13.1 Å². The van der Waals surface area contributed by atoms with Crippen LogP contribution in [0.4, 0.5) is 5.69 Å². The second-order valence-electron chi connectivity index (χ2n) is 16.4. The van der Waals surface area contributed by atoms with Crippen LogP contribution in [-0.4, -0.2) is 77.6 Å². The SMILES string of the molecule is Cc1ccc(C(=O)OC2CC(CNC(=O)c3cc(CN4C(=O)c5ccc(-c6ccncc6)cc5N(C)C(=O)[C@H]4C)cc(B4OC(C)(C)C(C)(C)O4)c3)C2)c(C)c1. The molecule has 1 N–H and O–H groups in total. The third kappa shape index (κ3) is 7.60. The summed E-state index contributed by atoms with van der Waals surface area (Å²) in [6.45, 7) is 13.9. The zero-order valence-electron chi connectivity index (χ0n) is 33.3. The number of carbonyl (C=O) groups excluding carboxylic acids is 4. The fraction of sp³-hybridized carbons (Fsp3) is 0.386. The summed E-state index contributed by atoms with van der Waals surface area (Å²) in [5.74, 6) is -0.996. The summed E-state index contributed by atoms with van der Waals surface area (Å²) >= 11 is 0. The molecule has 3 aromatic carbocycles. The van der Waals surface area contributed by atoms with Crippen LogP contribution in [-0.2, 0) is 25.4 Å². The molecular formula is C44H49BN4O7. The molecule has 2 aliphatic heterocycles. The van der Waals surface area contributed by atoms with Crippen molar-refractivity contribution in [2.45, 2.75) is 91.2 Å². The Balaban J connectivity index is 1.10. The van der Waals surface area contributed by atoms with Crippen LogP contribution >= 0.6 is 0 Å². The molecule has 1 atom stereocenters. The van der Waals surface area contributed by atoms with Crippen molar-refractivity contribution in [3.05, 3.63) is 113 Å². The van der Waals surface area contributed by atoms with Crippen LogP contribution in [0.1, 0.15) is 95.2 Å². The van der Waals surface area contributed by atoms with E-state index in [0.717, 1.165) is 22.3 Å². The van der Waals surface area contributed by atoms with Crippen LogP contribution in [0.15, 0.2) is 79.1 Å². The minimum atomic E-state index is -0.794. The average molecular weight is 757 g/mol. The molecule has 1 aliphatic carbocycles. The topological polar surface area (TPSA) is 127 Å². The van der Waals surface area contributed by atoms with Crippen molar-refractivity contribution in [2.24, 2.45) is 5.92 Å². The van der Waals surface area contributed by atoms with Crippen molar-refractivity contribution in [2.75, 3.05) is 18.5 Å². The zero-order valence-corrected chi connectivity index (χ0v) is 33.3. The van der Waals surface area contributed by atoms with Crippen LogP contribution in [0.25, 0.3) is 11.1 Å². The molecule has 12 heteroatoms. The maximum Gasteiger partial charge on any atom is 0.494 e. The minimum Gasteiger partial charge on any atom is -0.459 e. The molecule has 7 rings (SSSR count).